The summed E-state index contributed by atoms with van der Waals surface area (Å²) in [5, 5.41) is 9.31. The maximum atomic E-state index is 9.31. The summed E-state index contributed by atoms with van der Waals surface area (Å²) in [6.07, 6.45) is 3.74. The molecular weight excluding hydrogens is 227 g/mol. The number of benzene rings is 1. The van der Waals surface area contributed by atoms with Crippen LogP contribution >= 0.6 is 0 Å². The van der Waals surface area contributed by atoms with Gasteiger partial charge in [-0.05, 0) is 0 Å². The van der Waals surface area contributed by atoms with E-state index in [9.17, 15) is 5.11 Å². The second-order valence-electron chi connectivity index (χ2n) is 3.61. The van der Waals surface area contributed by atoms with Gasteiger partial charge in [0.1, 0.15) is 0 Å². The van der Waals surface area contributed by atoms with E-state index in [0.717, 1.165) is 0 Å². The zero-order valence-electron chi connectivity index (χ0n) is 7.57. The van der Waals surface area contributed by atoms with Crippen molar-refractivity contribution in [1.29, 1.82) is 0 Å². The molecule has 1 saturated carbocycles. The van der Waals surface area contributed by atoms with E-state index in [1.807, 2.05) is 6.07 Å². The van der Waals surface area contributed by atoms with Crippen LogP contribution in [0.1, 0.15) is 19.3 Å². The van der Waals surface area contributed by atoms with Crippen molar-refractivity contribution in [3.8, 4) is 0 Å². The van der Waals surface area contributed by atoms with Gasteiger partial charge in [-0.2, -0.15) is 0 Å². The average molecular weight is 241 g/mol. The molecule has 1 aromatic rings. The first-order valence-electron chi connectivity index (χ1n) is 4.70. The first kappa shape index (κ1) is 9.26. The monoisotopic (exact) mass is 242 g/mol. The molecule has 0 unspecified atom stereocenters. The van der Waals surface area contributed by atoms with Crippen LogP contribution in [0.4, 0.5) is 0 Å². The molecule has 0 aromatic heterocycles. The van der Waals surface area contributed by atoms with E-state index in [1.54, 1.807) is 0 Å². The Labute approximate surface area is 85.3 Å². The average Bonchev–Trinajstić information content (AvgIpc) is 2.13. The number of rotatable bonds is 3. The van der Waals surface area contributed by atoms with Gasteiger partial charge in [0.15, 0.2) is 0 Å². The summed E-state index contributed by atoms with van der Waals surface area (Å²) in [6, 6.07) is 10.6. The van der Waals surface area contributed by atoms with Crippen molar-refractivity contribution in [3.63, 3.8) is 0 Å². The molecule has 1 aliphatic rings. The van der Waals surface area contributed by atoms with Crippen molar-refractivity contribution in [2.75, 3.05) is 6.61 Å². The van der Waals surface area contributed by atoms with Crippen molar-refractivity contribution in [2.45, 2.75) is 23.6 Å². The molecule has 0 radical (unpaired) electrons. The van der Waals surface area contributed by atoms with Gasteiger partial charge in [-0.3, -0.25) is 0 Å². The summed E-state index contributed by atoms with van der Waals surface area (Å²) in [6.45, 7) is 0.377. The fourth-order valence-electron chi connectivity index (χ4n) is 1.60. The normalized spacial score (nSPS) is 19.5. The molecule has 0 atom stereocenters. The van der Waals surface area contributed by atoms with Crippen LogP contribution in [0.3, 0.4) is 0 Å². The Morgan fingerprint density at radius 3 is 2.38 bits per heavy atom. The van der Waals surface area contributed by atoms with Gasteiger partial charge < -0.3 is 0 Å². The molecule has 1 nitrogen and oxygen atoms in total. The minimum absolute atomic E-state index is 0.286. The van der Waals surface area contributed by atoms with Crippen molar-refractivity contribution in [1.82, 2.24) is 0 Å². The van der Waals surface area contributed by atoms with E-state index in [2.05, 4.69) is 24.3 Å². The summed E-state index contributed by atoms with van der Waals surface area (Å²) in [4.78, 5) is 0. The van der Waals surface area contributed by atoms with Gasteiger partial charge in [-0.25, -0.2) is 0 Å². The molecule has 2 rings (SSSR count). The topological polar surface area (TPSA) is 20.2 Å². The van der Waals surface area contributed by atoms with Crippen molar-refractivity contribution in [2.24, 2.45) is 0 Å². The van der Waals surface area contributed by atoms with Crippen LogP contribution in [0.2, 0.25) is 4.31 Å². The van der Waals surface area contributed by atoms with Gasteiger partial charge in [-0.15, -0.1) is 0 Å². The van der Waals surface area contributed by atoms with Crippen molar-refractivity contribution < 1.29 is 5.11 Å². The van der Waals surface area contributed by atoms with Gasteiger partial charge in [0.2, 0.25) is 0 Å². The Morgan fingerprint density at radius 1 is 1.23 bits per heavy atom. The molecule has 0 saturated heterocycles. The molecule has 1 aromatic carbocycles. The molecule has 2 heteroatoms. The predicted molar refractivity (Wildman–Crippen MR) is 55.5 cm³/mol. The molecule has 1 aliphatic carbocycles. The van der Waals surface area contributed by atoms with Crippen LogP contribution in [0.5, 0.6) is 0 Å². The molecule has 70 valence electrons. The Kier molecular flexibility index (Phi) is 2.73. The van der Waals surface area contributed by atoms with E-state index in [-0.39, 0.29) is 4.31 Å². The minimum atomic E-state index is 0.286. The number of hydrogen-bond acceptors (Lipinski definition) is 1. The predicted octanol–water partition coefficient (Wildman–Crippen LogP) is 1.35. The van der Waals surface area contributed by atoms with Crippen LogP contribution in [-0.4, -0.2) is 26.7 Å². The summed E-state index contributed by atoms with van der Waals surface area (Å²) in [5.41, 5.74) is 0. The molecule has 1 fully saturated rings. The van der Waals surface area contributed by atoms with E-state index < -0.39 is 0 Å². The molecule has 0 amide bonds. The molecule has 0 bridgehead atoms. The fraction of sp³-hybridized carbons (Fsp3) is 0.455. The molecule has 0 heterocycles. The van der Waals surface area contributed by atoms with Gasteiger partial charge in [0.05, 0.1) is 0 Å². The van der Waals surface area contributed by atoms with Crippen LogP contribution in [0.25, 0.3) is 0 Å². The molecular formula is C11H14OSe. The number of hydrogen-bond donors (Lipinski definition) is 1. The SMILES string of the molecule is OCC1([Se]c2ccccc2)CCC1. The Hall–Kier alpha value is -0.301. The Morgan fingerprint density at radius 2 is 1.92 bits per heavy atom. The van der Waals surface area contributed by atoms with Crippen LogP contribution in [-0.2, 0) is 0 Å². The second kappa shape index (κ2) is 3.83. The summed E-state index contributed by atoms with van der Waals surface area (Å²) in [7, 11) is 0. The van der Waals surface area contributed by atoms with Crippen molar-refractivity contribution >= 4 is 19.4 Å². The van der Waals surface area contributed by atoms with Gasteiger partial charge >= 0.3 is 85.0 Å². The van der Waals surface area contributed by atoms with E-state index in [4.69, 9.17) is 0 Å². The van der Waals surface area contributed by atoms with Gasteiger partial charge in [0.25, 0.3) is 0 Å². The molecule has 0 spiro atoms. The van der Waals surface area contributed by atoms with Gasteiger partial charge in [0, 0.05) is 0 Å². The van der Waals surface area contributed by atoms with E-state index in [0.29, 0.717) is 21.6 Å². The summed E-state index contributed by atoms with van der Waals surface area (Å²) in [5.74, 6) is 0. The first-order chi connectivity index (χ1) is 6.35. The maximum absolute atomic E-state index is 9.31. The van der Waals surface area contributed by atoms with Gasteiger partial charge in [-0.1, -0.05) is 0 Å². The summed E-state index contributed by atoms with van der Waals surface area (Å²) < 4.78 is 1.71. The first-order valence-corrected chi connectivity index (χ1v) is 6.41. The van der Waals surface area contributed by atoms with Crippen LogP contribution in [0, 0.1) is 0 Å². The van der Waals surface area contributed by atoms with E-state index in [1.165, 1.54) is 23.7 Å². The zero-order valence-corrected chi connectivity index (χ0v) is 9.28. The molecule has 13 heavy (non-hydrogen) atoms. The fourth-order valence-corrected chi connectivity index (χ4v) is 4.44. The molecule has 0 aliphatic heterocycles. The van der Waals surface area contributed by atoms with Crippen molar-refractivity contribution in [3.05, 3.63) is 30.3 Å². The Bertz CT molecular complexity index is 261. The Balaban J connectivity index is 2.05. The molecule has 1 N–H and O–H groups in total. The van der Waals surface area contributed by atoms with Crippen LogP contribution in [0.15, 0.2) is 30.3 Å². The summed E-state index contributed by atoms with van der Waals surface area (Å²) >= 11 is 0.460. The third kappa shape index (κ3) is 1.96. The zero-order chi connectivity index (χ0) is 9.15. The third-order valence-corrected chi connectivity index (χ3v) is 5.73. The van der Waals surface area contributed by atoms with E-state index >= 15 is 0 Å². The van der Waals surface area contributed by atoms with Crippen LogP contribution < -0.4 is 4.46 Å². The number of aliphatic hydroxyl groups excluding tert-OH is 1. The second-order valence-corrected chi connectivity index (χ2v) is 6.84. The number of aliphatic hydroxyl groups is 1. The quantitative estimate of drug-likeness (QED) is 0.792. The standard InChI is InChI=1S/C11H14OSe/c12-9-11(7-4-8-11)13-10-5-2-1-3-6-10/h1-3,5-6,12H,4,7-9H2. The third-order valence-electron chi connectivity index (χ3n) is 2.63.